The normalized spacial score (nSPS) is 11.7. The number of hydrogen-bond donors (Lipinski definition) is 1. The van der Waals surface area contributed by atoms with E-state index in [9.17, 15) is 14.7 Å². The third-order valence-electron chi connectivity index (χ3n) is 3.37. The maximum atomic E-state index is 12.4. The fraction of sp³-hybridized carbons (Fsp3) is 0.714. The van der Waals surface area contributed by atoms with Gasteiger partial charge in [-0.05, 0) is 54.4 Å². The minimum absolute atomic E-state index is 0.0378. The molecule has 28 heavy (non-hydrogen) atoms. The largest absolute Gasteiger partial charge is 0.444 e. The highest BCUT2D eigenvalue weighted by Gasteiger charge is 2.27. The minimum atomic E-state index is -0.949. The number of carbonyl (C=O) groups excluding carboxylic acids is 2. The maximum absolute atomic E-state index is 12.4. The van der Waals surface area contributed by atoms with Crippen LogP contribution in [0.4, 0.5) is 9.59 Å². The molecule has 0 spiro atoms. The van der Waals surface area contributed by atoms with Gasteiger partial charge in [-0.2, -0.15) is 0 Å². The number of amides is 2. The van der Waals surface area contributed by atoms with Gasteiger partial charge in [0, 0.05) is 13.1 Å². The van der Waals surface area contributed by atoms with Crippen LogP contribution in [0.25, 0.3) is 0 Å². The van der Waals surface area contributed by atoms with Crippen molar-refractivity contribution in [2.75, 3.05) is 26.2 Å². The summed E-state index contributed by atoms with van der Waals surface area (Å²) >= 11 is 0. The molecule has 0 bridgehead atoms. The van der Waals surface area contributed by atoms with Crippen LogP contribution in [-0.4, -0.2) is 70.6 Å². The van der Waals surface area contributed by atoms with Crippen LogP contribution in [-0.2, 0) is 9.47 Å². The van der Waals surface area contributed by atoms with E-state index < -0.39 is 29.5 Å². The zero-order chi connectivity index (χ0) is 22.0. The summed E-state index contributed by atoms with van der Waals surface area (Å²) in [5, 5.41) is 10.5. The lowest BCUT2D eigenvalue weighted by molar-refractivity contribution is 0.00169. The Balaban J connectivity index is 5.09. The van der Waals surface area contributed by atoms with Crippen molar-refractivity contribution in [1.82, 2.24) is 9.80 Å². The van der Waals surface area contributed by atoms with E-state index in [-0.39, 0.29) is 13.1 Å². The first kappa shape index (κ1) is 26.0. The Labute approximate surface area is 170 Å². The number of ether oxygens (including phenoxy) is 2. The van der Waals surface area contributed by atoms with Crippen LogP contribution < -0.4 is 0 Å². The molecule has 0 heterocycles. The predicted molar refractivity (Wildman–Crippen MR) is 111 cm³/mol. The van der Waals surface area contributed by atoms with Gasteiger partial charge in [-0.1, -0.05) is 12.2 Å². The Kier molecular flexibility index (Phi) is 10.9. The average Bonchev–Trinajstić information content (AvgIpc) is 2.51. The van der Waals surface area contributed by atoms with Gasteiger partial charge in [-0.15, -0.1) is 13.2 Å². The summed E-state index contributed by atoms with van der Waals surface area (Å²) in [7, 11) is 0. The van der Waals surface area contributed by atoms with Crippen molar-refractivity contribution in [3.63, 3.8) is 0 Å². The van der Waals surface area contributed by atoms with E-state index in [2.05, 4.69) is 13.2 Å². The molecule has 0 aliphatic heterocycles. The first-order valence-electron chi connectivity index (χ1n) is 9.64. The molecule has 0 fully saturated rings. The molecule has 0 aliphatic rings. The van der Waals surface area contributed by atoms with Crippen molar-refractivity contribution < 1.29 is 24.2 Å². The lowest BCUT2D eigenvalue weighted by Crippen LogP contribution is -2.47. The summed E-state index contributed by atoms with van der Waals surface area (Å²) in [5.41, 5.74) is -1.28. The van der Waals surface area contributed by atoms with Crippen molar-refractivity contribution in [3.05, 3.63) is 25.3 Å². The summed E-state index contributed by atoms with van der Waals surface area (Å²) < 4.78 is 10.8. The molecule has 2 amide bonds. The Morgan fingerprint density at radius 3 is 1.43 bits per heavy atom. The molecule has 0 unspecified atom stereocenters. The monoisotopic (exact) mass is 398 g/mol. The number of aliphatic hydroxyl groups excluding tert-OH is 1. The molecule has 0 aliphatic carbocycles. The summed E-state index contributed by atoms with van der Waals surface area (Å²) in [6.45, 7) is 18.9. The molecule has 0 aromatic rings. The van der Waals surface area contributed by atoms with Crippen LogP contribution in [0.1, 0.15) is 54.4 Å². The van der Waals surface area contributed by atoms with Crippen LogP contribution in [0.3, 0.4) is 0 Å². The summed E-state index contributed by atoms with van der Waals surface area (Å²) in [6, 6.07) is 0. The van der Waals surface area contributed by atoms with Crippen LogP contribution in [0, 0.1) is 0 Å². The highest BCUT2D eigenvalue weighted by molar-refractivity contribution is 5.69. The Morgan fingerprint density at radius 2 is 1.18 bits per heavy atom. The SMILES string of the molecule is C=CCCN(CC(O)CN(CCC=C)C(=O)OC(C)(C)C)C(=O)OC(C)(C)C. The molecule has 0 aromatic carbocycles. The van der Waals surface area contributed by atoms with Crippen molar-refractivity contribution in [2.45, 2.75) is 71.7 Å². The van der Waals surface area contributed by atoms with Crippen LogP contribution >= 0.6 is 0 Å². The van der Waals surface area contributed by atoms with E-state index in [1.165, 1.54) is 9.80 Å². The molecule has 0 atom stereocenters. The number of carbonyl (C=O) groups is 2. The molecule has 7 nitrogen and oxygen atoms in total. The highest BCUT2D eigenvalue weighted by atomic mass is 16.6. The topological polar surface area (TPSA) is 79.3 Å². The van der Waals surface area contributed by atoms with Gasteiger partial charge in [0.05, 0.1) is 19.2 Å². The van der Waals surface area contributed by atoms with Gasteiger partial charge in [0.2, 0.25) is 0 Å². The molecule has 0 aromatic heterocycles. The smallest absolute Gasteiger partial charge is 0.410 e. The standard InChI is InChI=1S/C21H38N2O5/c1-9-11-13-22(18(25)27-20(3,4)5)15-17(24)16-23(14-12-10-2)19(26)28-21(6,7)8/h9-10,17,24H,1-2,11-16H2,3-8H3. The summed E-state index contributed by atoms with van der Waals surface area (Å²) in [6.07, 6.45) is 2.55. The Hall–Kier alpha value is -2.02. The van der Waals surface area contributed by atoms with Crippen molar-refractivity contribution >= 4 is 12.2 Å². The third kappa shape index (κ3) is 12.4. The van der Waals surface area contributed by atoms with Gasteiger partial charge < -0.3 is 24.4 Å². The van der Waals surface area contributed by atoms with Gasteiger partial charge >= 0.3 is 12.2 Å². The highest BCUT2D eigenvalue weighted by Crippen LogP contribution is 2.13. The van der Waals surface area contributed by atoms with Crippen LogP contribution in [0.2, 0.25) is 0 Å². The fourth-order valence-electron chi connectivity index (χ4n) is 2.23. The van der Waals surface area contributed by atoms with Crippen molar-refractivity contribution in [3.8, 4) is 0 Å². The number of hydrogen-bond acceptors (Lipinski definition) is 5. The minimum Gasteiger partial charge on any atom is -0.444 e. The molecule has 0 rings (SSSR count). The maximum Gasteiger partial charge on any atom is 0.410 e. The van der Waals surface area contributed by atoms with Crippen LogP contribution in [0.15, 0.2) is 25.3 Å². The molecular weight excluding hydrogens is 360 g/mol. The van der Waals surface area contributed by atoms with E-state index in [4.69, 9.17) is 9.47 Å². The predicted octanol–water partition coefficient (Wildman–Crippen LogP) is 3.97. The number of nitrogens with zero attached hydrogens (tertiary/aromatic N) is 2. The van der Waals surface area contributed by atoms with E-state index in [1.807, 2.05) is 0 Å². The molecule has 7 heteroatoms. The van der Waals surface area contributed by atoms with Gasteiger partial charge in [0.25, 0.3) is 0 Å². The molecule has 0 saturated heterocycles. The molecule has 0 radical (unpaired) electrons. The fourth-order valence-corrected chi connectivity index (χ4v) is 2.23. The molecule has 1 N–H and O–H groups in total. The van der Waals surface area contributed by atoms with E-state index in [0.29, 0.717) is 25.9 Å². The van der Waals surface area contributed by atoms with Gasteiger partial charge in [-0.25, -0.2) is 9.59 Å². The van der Waals surface area contributed by atoms with E-state index >= 15 is 0 Å². The van der Waals surface area contributed by atoms with E-state index in [0.717, 1.165) is 0 Å². The zero-order valence-corrected chi connectivity index (χ0v) is 18.4. The van der Waals surface area contributed by atoms with Crippen molar-refractivity contribution in [1.29, 1.82) is 0 Å². The van der Waals surface area contributed by atoms with Gasteiger partial charge in [0.15, 0.2) is 0 Å². The molecule has 0 saturated carbocycles. The zero-order valence-electron chi connectivity index (χ0n) is 18.4. The second kappa shape index (κ2) is 11.7. The Morgan fingerprint density at radius 1 is 0.857 bits per heavy atom. The quantitative estimate of drug-likeness (QED) is 0.563. The van der Waals surface area contributed by atoms with Gasteiger partial charge in [-0.3, -0.25) is 0 Å². The average molecular weight is 399 g/mol. The number of rotatable bonds is 10. The molecule has 162 valence electrons. The lowest BCUT2D eigenvalue weighted by Gasteiger charge is -2.31. The first-order valence-corrected chi connectivity index (χ1v) is 9.64. The number of aliphatic hydroxyl groups is 1. The second-order valence-corrected chi connectivity index (χ2v) is 8.66. The summed E-state index contributed by atoms with van der Waals surface area (Å²) in [4.78, 5) is 27.7. The van der Waals surface area contributed by atoms with Crippen molar-refractivity contribution in [2.24, 2.45) is 0 Å². The van der Waals surface area contributed by atoms with E-state index in [1.54, 1.807) is 53.7 Å². The molecular formula is C21H38N2O5. The summed E-state index contributed by atoms with van der Waals surface area (Å²) in [5.74, 6) is 0. The second-order valence-electron chi connectivity index (χ2n) is 8.66. The van der Waals surface area contributed by atoms with Gasteiger partial charge in [0.1, 0.15) is 11.2 Å². The third-order valence-corrected chi connectivity index (χ3v) is 3.37. The Bertz CT molecular complexity index is 474. The van der Waals surface area contributed by atoms with Crippen LogP contribution in [0.5, 0.6) is 0 Å². The lowest BCUT2D eigenvalue weighted by atomic mass is 10.2. The first-order chi connectivity index (χ1) is 12.8.